The SMILES string of the molecule is Cc1ncc2c(NC3c4ccc(F)c(O)c4CCC3(O)C(F)(F)F)ccc(F)c2n1. The van der Waals surface area contributed by atoms with Crippen LogP contribution >= 0.6 is 0 Å². The molecular formula is C20H16F5N3O2. The van der Waals surface area contributed by atoms with E-state index in [0.717, 1.165) is 18.2 Å². The van der Waals surface area contributed by atoms with Gasteiger partial charge in [-0.3, -0.25) is 0 Å². The number of alkyl halides is 3. The van der Waals surface area contributed by atoms with Crippen molar-refractivity contribution in [3.63, 3.8) is 0 Å². The van der Waals surface area contributed by atoms with Gasteiger partial charge in [-0.1, -0.05) is 6.07 Å². The molecule has 5 nitrogen and oxygen atoms in total. The Labute approximate surface area is 167 Å². The van der Waals surface area contributed by atoms with Gasteiger partial charge in [0.25, 0.3) is 0 Å². The number of hydrogen-bond acceptors (Lipinski definition) is 5. The molecule has 158 valence electrons. The van der Waals surface area contributed by atoms with Gasteiger partial charge in [0, 0.05) is 22.8 Å². The fraction of sp³-hybridized carbons (Fsp3) is 0.300. The largest absolute Gasteiger partial charge is 0.505 e. The van der Waals surface area contributed by atoms with Gasteiger partial charge in [0.15, 0.2) is 17.2 Å². The second kappa shape index (κ2) is 6.76. The van der Waals surface area contributed by atoms with Crippen LogP contribution in [0.25, 0.3) is 10.9 Å². The lowest BCUT2D eigenvalue weighted by Gasteiger charge is -2.43. The predicted octanol–water partition coefficient (Wildman–Crippen LogP) is 4.31. The molecule has 0 fully saturated rings. The highest BCUT2D eigenvalue weighted by Crippen LogP contribution is 2.50. The molecule has 0 saturated carbocycles. The number of halogens is 5. The maximum Gasteiger partial charge on any atom is 0.419 e. The summed E-state index contributed by atoms with van der Waals surface area (Å²) in [7, 11) is 0. The van der Waals surface area contributed by atoms with Gasteiger partial charge in [-0.15, -0.1) is 0 Å². The second-order valence-electron chi connectivity index (χ2n) is 7.24. The van der Waals surface area contributed by atoms with Crippen molar-refractivity contribution in [3.05, 3.63) is 59.0 Å². The molecule has 3 aromatic rings. The number of nitrogens with one attached hydrogen (secondary N) is 1. The van der Waals surface area contributed by atoms with Crippen LogP contribution in [0.5, 0.6) is 5.75 Å². The molecule has 3 N–H and O–H groups in total. The van der Waals surface area contributed by atoms with Crippen molar-refractivity contribution in [2.24, 2.45) is 0 Å². The summed E-state index contributed by atoms with van der Waals surface area (Å²) < 4.78 is 69.6. The Morgan fingerprint density at radius 2 is 1.83 bits per heavy atom. The first-order chi connectivity index (χ1) is 14.0. The van der Waals surface area contributed by atoms with Gasteiger partial charge in [0.2, 0.25) is 0 Å². The van der Waals surface area contributed by atoms with E-state index in [-0.39, 0.29) is 40.0 Å². The van der Waals surface area contributed by atoms with Crippen LogP contribution in [0, 0.1) is 18.6 Å². The molecule has 1 aliphatic carbocycles. The minimum absolute atomic E-state index is 0.0278. The second-order valence-corrected chi connectivity index (χ2v) is 7.24. The van der Waals surface area contributed by atoms with Crippen molar-refractivity contribution in [3.8, 4) is 5.75 Å². The Morgan fingerprint density at radius 1 is 1.13 bits per heavy atom. The van der Waals surface area contributed by atoms with E-state index in [1.165, 1.54) is 19.2 Å². The highest BCUT2D eigenvalue weighted by molar-refractivity contribution is 5.91. The highest BCUT2D eigenvalue weighted by Gasteiger charge is 2.60. The molecular weight excluding hydrogens is 409 g/mol. The number of fused-ring (bicyclic) bond motifs is 2. The van der Waals surface area contributed by atoms with Gasteiger partial charge < -0.3 is 15.5 Å². The molecule has 4 rings (SSSR count). The van der Waals surface area contributed by atoms with Crippen LogP contribution in [-0.2, 0) is 6.42 Å². The minimum atomic E-state index is -5.03. The van der Waals surface area contributed by atoms with Crippen LogP contribution in [0.1, 0.15) is 29.4 Å². The summed E-state index contributed by atoms with van der Waals surface area (Å²) in [5, 5.41) is 23.4. The van der Waals surface area contributed by atoms with Crippen molar-refractivity contribution < 1.29 is 32.2 Å². The summed E-state index contributed by atoms with van der Waals surface area (Å²) in [6.45, 7) is 1.54. The molecule has 10 heteroatoms. The zero-order chi connectivity index (χ0) is 21.8. The average Bonchev–Trinajstić information content (AvgIpc) is 2.68. The number of aromatic nitrogens is 2. The van der Waals surface area contributed by atoms with Gasteiger partial charge in [-0.2, -0.15) is 13.2 Å². The third-order valence-corrected chi connectivity index (χ3v) is 5.43. The summed E-state index contributed by atoms with van der Waals surface area (Å²) in [6.07, 6.45) is -4.94. The molecule has 0 spiro atoms. The van der Waals surface area contributed by atoms with Crippen LogP contribution in [0.4, 0.5) is 27.6 Å². The average molecular weight is 425 g/mol. The first-order valence-corrected chi connectivity index (χ1v) is 9.00. The number of phenolic OH excluding ortho intramolecular Hbond substituents is 1. The summed E-state index contributed by atoms with van der Waals surface area (Å²) in [6, 6.07) is 2.38. The lowest BCUT2D eigenvalue weighted by Crippen LogP contribution is -2.54. The van der Waals surface area contributed by atoms with E-state index < -0.39 is 41.6 Å². The Morgan fingerprint density at radius 3 is 2.53 bits per heavy atom. The maximum atomic E-state index is 14.2. The normalized spacial score (nSPS) is 21.5. The number of aromatic hydroxyl groups is 1. The Kier molecular flexibility index (Phi) is 4.57. The molecule has 2 unspecified atom stereocenters. The van der Waals surface area contributed by atoms with Crippen LogP contribution in [0.3, 0.4) is 0 Å². The lowest BCUT2D eigenvalue weighted by molar-refractivity contribution is -0.270. The van der Waals surface area contributed by atoms with E-state index >= 15 is 0 Å². The Balaban J connectivity index is 1.90. The summed E-state index contributed by atoms with van der Waals surface area (Å²) in [4.78, 5) is 7.95. The van der Waals surface area contributed by atoms with E-state index in [9.17, 15) is 32.2 Å². The molecule has 1 aromatic heterocycles. The number of nitrogens with zero attached hydrogens (tertiary/aromatic N) is 2. The minimum Gasteiger partial charge on any atom is -0.505 e. The standard InChI is InChI=1S/C20H16F5N3O2/c1-9-26-8-12-15(5-4-13(21)16(12)27-9)28-18-11-2-3-14(22)17(29)10(11)6-7-19(18,30)20(23,24)25/h2-5,8,18,28-30H,6-7H2,1H3. The number of rotatable bonds is 2. The van der Waals surface area contributed by atoms with E-state index in [1.807, 2.05) is 0 Å². The van der Waals surface area contributed by atoms with Gasteiger partial charge in [0.1, 0.15) is 17.2 Å². The zero-order valence-corrected chi connectivity index (χ0v) is 15.6. The third kappa shape index (κ3) is 3.02. The Bertz CT molecular complexity index is 1150. The van der Waals surface area contributed by atoms with Crippen molar-refractivity contribution in [2.45, 2.75) is 37.6 Å². The smallest absolute Gasteiger partial charge is 0.419 e. The van der Waals surface area contributed by atoms with Crippen LogP contribution in [-0.4, -0.2) is 32.0 Å². The van der Waals surface area contributed by atoms with E-state index in [0.29, 0.717) is 0 Å². The maximum absolute atomic E-state index is 14.2. The molecule has 2 aromatic carbocycles. The number of aryl methyl sites for hydroxylation is 1. The number of aliphatic hydroxyl groups is 1. The molecule has 0 aliphatic heterocycles. The number of anilines is 1. The van der Waals surface area contributed by atoms with Gasteiger partial charge in [0.05, 0.1) is 6.04 Å². The van der Waals surface area contributed by atoms with Gasteiger partial charge in [-0.05, 0) is 43.5 Å². The van der Waals surface area contributed by atoms with Crippen molar-refractivity contribution in [1.29, 1.82) is 0 Å². The molecule has 1 aliphatic rings. The quantitative estimate of drug-likeness (QED) is 0.534. The fourth-order valence-electron chi connectivity index (χ4n) is 3.83. The first-order valence-electron chi connectivity index (χ1n) is 9.00. The summed E-state index contributed by atoms with van der Waals surface area (Å²) in [5.74, 6) is -2.14. The van der Waals surface area contributed by atoms with E-state index in [4.69, 9.17) is 0 Å². The topological polar surface area (TPSA) is 78.3 Å². The molecule has 0 amide bonds. The van der Waals surface area contributed by atoms with Gasteiger partial charge >= 0.3 is 6.18 Å². The molecule has 0 bridgehead atoms. The zero-order valence-electron chi connectivity index (χ0n) is 15.6. The molecule has 0 radical (unpaired) electrons. The lowest BCUT2D eigenvalue weighted by atomic mass is 9.75. The number of benzene rings is 2. The molecule has 1 heterocycles. The van der Waals surface area contributed by atoms with Crippen molar-refractivity contribution in [2.75, 3.05) is 5.32 Å². The van der Waals surface area contributed by atoms with Crippen molar-refractivity contribution in [1.82, 2.24) is 9.97 Å². The van der Waals surface area contributed by atoms with E-state index in [1.54, 1.807) is 0 Å². The van der Waals surface area contributed by atoms with Crippen molar-refractivity contribution >= 4 is 16.6 Å². The van der Waals surface area contributed by atoms with Crippen LogP contribution in [0.2, 0.25) is 0 Å². The number of phenols is 1. The summed E-state index contributed by atoms with van der Waals surface area (Å²) in [5.41, 5.74) is -3.39. The van der Waals surface area contributed by atoms with Gasteiger partial charge in [-0.25, -0.2) is 18.7 Å². The highest BCUT2D eigenvalue weighted by atomic mass is 19.4. The number of hydrogen-bond donors (Lipinski definition) is 3. The fourth-order valence-corrected chi connectivity index (χ4v) is 3.83. The van der Waals surface area contributed by atoms with Crippen LogP contribution in [0.15, 0.2) is 30.5 Å². The molecule has 2 atom stereocenters. The molecule has 30 heavy (non-hydrogen) atoms. The Hall–Kier alpha value is -3.01. The van der Waals surface area contributed by atoms with Crippen LogP contribution < -0.4 is 5.32 Å². The molecule has 0 saturated heterocycles. The third-order valence-electron chi connectivity index (χ3n) is 5.43. The van der Waals surface area contributed by atoms with E-state index in [2.05, 4.69) is 15.3 Å². The monoisotopic (exact) mass is 425 g/mol. The summed E-state index contributed by atoms with van der Waals surface area (Å²) >= 11 is 0. The predicted molar refractivity (Wildman–Crippen MR) is 98.0 cm³/mol. The first kappa shape index (κ1) is 20.3.